The molecule has 6 heteroatoms. The van der Waals surface area contributed by atoms with Crippen LogP contribution in [-0.2, 0) is 0 Å². The molecule has 1 aromatic rings. The van der Waals surface area contributed by atoms with E-state index in [1.807, 2.05) is 48.5 Å². The van der Waals surface area contributed by atoms with E-state index in [9.17, 15) is 9.90 Å². The normalized spacial score (nSPS) is 11.1. The van der Waals surface area contributed by atoms with Gasteiger partial charge in [-0.25, -0.2) is 4.79 Å². The molecular weight excluding hydrogens is 324 g/mol. The molecule has 0 atom stereocenters. The Hall–Kier alpha value is -2.11. The summed E-state index contributed by atoms with van der Waals surface area (Å²) in [4.78, 5) is 11.8. The van der Waals surface area contributed by atoms with Crippen LogP contribution >= 0.6 is 0 Å². The van der Waals surface area contributed by atoms with E-state index in [0.29, 0.717) is 18.1 Å². The third-order valence-corrected chi connectivity index (χ3v) is 2.91. The second-order valence-corrected chi connectivity index (χ2v) is 6.56. The number of rotatable bonds is 10. The van der Waals surface area contributed by atoms with Crippen LogP contribution in [0, 0.1) is 0 Å². The predicted octanol–water partition coefficient (Wildman–Crippen LogP) is 4.54. The molecule has 142 valence electrons. The van der Waals surface area contributed by atoms with Gasteiger partial charge in [0.15, 0.2) is 11.5 Å². The van der Waals surface area contributed by atoms with E-state index in [4.69, 9.17) is 18.9 Å². The van der Waals surface area contributed by atoms with Gasteiger partial charge in [-0.3, -0.25) is 0 Å². The van der Waals surface area contributed by atoms with E-state index in [0.717, 1.165) is 6.42 Å². The van der Waals surface area contributed by atoms with Gasteiger partial charge in [-0.05, 0) is 48.0 Å². The lowest BCUT2D eigenvalue weighted by atomic mass is 10.1. The van der Waals surface area contributed by atoms with Gasteiger partial charge in [0.25, 0.3) is 0 Å². The molecule has 1 N–H and O–H groups in total. The summed E-state index contributed by atoms with van der Waals surface area (Å²) in [6, 6.07) is 1.44. The first-order valence-corrected chi connectivity index (χ1v) is 8.74. The Bertz CT molecular complexity index is 578. The van der Waals surface area contributed by atoms with Crippen molar-refractivity contribution in [1.82, 2.24) is 0 Å². The zero-order valence-electron chi connectivity index (χ0n) is 16.2. The highest BCUT2D eigenvalue weighted by Crippen LogP contribution is 2.48. The van der Waals surface area contributed by atoms with Gasteiger partial charge in [0.2, 0.25) is 11.5 Å². The number of ether oxygens (including phenoxy) is 4. The van der Waals surface area contributed by atoms with Gasteiger partial charge in [0.05, 0.1) is 24.9 Å². The standard InChI is InChI=1S/C19H30O6/c1-8-9-22-16-14(19(20)21)10-15(23-11(2)3)17(24-12(4)5)18(16)25-13(6)7/h10-13H,8-9H2,1-7H3,(H,20,21). The summed E-state index contributed by atoms with van der Waals surface area (Å²) in [5, 5.41) is 9.62. The summed E-state index contributed by atoms with van der Waals surface area (Å²) in [5.74, 6) is 0.0426. The van der Waals surface area contributed by atoms with Crippen molar-refractivity contribution in [2.24, 2.45) is 0 Å². The maximum absolute atomic E-state index is 11.8. The van der Waals surface area contributed by atoms with Gasteiger partial charge in [-0.15, -0.1) is 0 Å². The molecule has 1 aromatic carbocycles. The Morgan fingerprint density at radius 2 is 1.44 bits per heavy atom. The molecule has 0 unspecified atom stereocenters. The van der Waals surface area contributed by atoms with Crippen LogP contribution in [0.2, 0.25) is 0 Å². The van der Waals surface area contributed by atoms with Crippen molar-refractivity contribution in [3.05, 3.63) is 11.6 Å². The fraction of sp³-hybridized carbons (Fsp3) is 0.632. The summed E-state index contributed by atoms with van der Waals surface area (Å²) < 4.78 is 23.3. The van der Waals surface area contributed by atoms with Gasteiger partial charge >= 0.3 is 5.97 Å². The van der Waals surface area contributed by atoms with Crippen LogP contribution in [0.25, 0.3) is 0 Å². The molecule has 0 aliphatic heterocycles. The smallest absolute Gasteiger partial charge is 0.339 e. The van der Waals surface area contributed by atoms with Crippen molar-refractivity contribution in [1.29, 1.82) is 0 Å². The molecule has 0 bridgehead atoms. The highest BCUT2D eigenvalue weighted by Gasteiger charge is 2.28. The molecule has 0 fully saturated rings. The lowest BCUT2D eigenvalue weighted by molar-refractivity contribution is 0.0688. The van der Waals surface area contributed by atoms with E-state index in [1.54, 1.807) is 0 Å². The molecule has 0 aliphatic rings. The Balaban J connectivity index is 3.67. The van der Waals surface area contributed by atoms with E-state index < -0.39 is 5.97 Å². The number of hydrogen-bond acceptors (Lipinski definition) is 5. The van der Waals surface area contributed by atoms with Crippen LogP contribution < -0.4 is 18.9 Å². The van der Waals surface area contributed by atoms with Crippen molar-refractivity contribution in [2.45, 2.75) is 73.2 Å². The minimum Gasteiger partial charge on any atom is -0.489 e. The summed E-state index contributed by atoms with van der Waals surface area (Å²) in [5.41, 5.74) is -0.00384. The molecule has 0 spiro atoms. The number of carboxylic acid groups (broad SMARTS) is 1. The Labute approximate surface area is 150 Å². The summed E-state index contributed by atoms with van der Waals surface area (Å²) in [6.07, 6.45) is 0.267. The highest BCUT2D eigenvalue weighted by molar-refractivity contribution is 5.94. The first kappa shape index (κ1) is 20.9. The van der Waals surface area contributed by atoms with Crippen molar-refractivity contribution < 1.29 is 28.8 Å². The summed E-state index contributed by atoms with van der Waals surface area (Å²) >= 11 is 0. The van der Waals surface area contributed by atoms with Crippen LogP contribution in [0.15, 0.2) is 6.07 Å². The summed E-state index contributed by atoms with van der Waals surface area (Å²) in [6.45, 7) is 13.5. The van der Waals surface area contributed by atoms with Crippen molar-refractivity contribution in [3.63, 3.8) is 0 Å². The molecule has 1 rings (SSSR count). The van der Waals surface area contributed by atoms with Crippen LogP contribution in [0.1, 0.15) is 65.2 Å². The first-order chi connectivity index (χ1) is 11.7. The Kier molecular flexibility index (Phi) is 7.87. The van der Waals surface area contributed by atoms with Crippen LogP contribution in [0.3, 0.4) is 0 Å². The molecule has 25 heavy (non-hydrogen) atoms. The Morgan fingerprint density at radius 3 is 1.88 bits per heavy atom. The minimum absolute atomic E-state index is 0.00384. The topological polar surface area (TPSA) is 74.2 Å². The van der Waals surface area contributed by atoms with Crippen molar-refractivity contribution in [3.8, 4) is 23.0 Å². The molecular formula is C19H30O6. The lowest BCUT2D eigenvalue weighted by Crippen LogP contribution is -2.17. The third kappa shape index (κ3) is 6.03. The molecule has 0 saturated carbocycles. The predicted molar refractivity (Wildman–Crippen MR) is 96.5 cm³/mol. The number of carbonyl (C=O) groups is 1. The van der Waals surface area contributed by atoms with Gasteiger partial charge in [-0.2, -0.15) is 0 Å². The second kappa shape index (κ2) is 9.39. The number of hydrogen-bond donors (Lipinski definition) is 1. The molecule has 6 nitrogen and oxygen atoms in total. The lowest BCUT2D eigenvalue weighted by Gasteiger charge is -2.24. The third-order valence-electron chi connectivity index (χ3n) is 2.91. The number of carboxylic acids is 1. The summed E-state index contributed by atoms with van der Waals surface area (Å²) in [7, 11) is 0. The molecule has 0 aliphatic carbocycles. The van der Waals surface area contributed by atoms with E-state index in [2.05, 4.69) is 0 Å². The quantitative estimate of drug-likeness (QED) is 0.665. The van der Waals surface area contributed by atoms with Crippen LogP contribution in [-0.4, -0.2) is 36.0 Å². The van der Waals surface area contributed by atoms with Gasteiger partial charge in [0.1, 0.15) is 5.56 Å². The SMILES string of the molecule is CCCOc1c(C(=O)O)cc(OC(C)C)c(OC(C)C)c1OC(C)C. The van der Waals surface area contributed by atoms with E-state index >= 15 is 0 Å². The maximum Gasteiger partial charge on any atom is 0.339 e. The van der Waals surface area contributed by atoms with Gasteiger partial charge in [-0.1, -0.05) is 6.92 Å². The minimum atomic E-state index is -1.11. The van der Waals surface area contributed by atoms with Crippen molar-refractivity contribution in [2.75, 3.05) is 6.61 Å². The van der Waals surface area contributed by atoms with Crippen LogP contribution in [0.4, 0.5) is 0 Å². The zero-order chi connectivity index (χ0) is 19.1. The van der Waals surface area contributed by atoms with Gasteiger partial charge in [0, 0.05) is 6.07 Å². The molecule has 0 radical (unpaired) electrons. The monoisotopic (exact) mass is 354 g/mol. The van der Waals surface area contributed by atoms with E-state index in [-0.39, 0.29) is 35.4 Å². The first-order valence-electron chi connectivity index (χ1n) is 8.74. The second-order valence-electron chi connectivity index (χ2n) is 6.56. The maximum atomic E-state index is 11.8. The highest BCUT2D eigenvalue weighted by atomic mass is 16.6. The largest absolute Gasteiger partial charge is 0.489 e. The Morgan fingerprint density at radius 1 is 0.920 bits per heavy atom. The zero-order valence-corrected chi connectivity index (χ0v) is 16.2. The van der Waals surface area contributed by atoms with Gasteiger partial charge < -0.3 is 24.1 Å². The number of benzene rings is 1. The fourth-order valence-corrected chi connectivity index (χ4v) is 2.14. The number of aromatic carboxylic acids is 1. The van der Waals surface area contributed by atoms with Crippen molar-refractivity contribution >= 4 is 5.97 Å². The molecule has 0 heterocycles. The van der Waals surface area contributed by atoms with E-state index in [1.165, 1.54) is 6.07 Å². The average molecular weight is 354 g/mol. The average Bonchev–Trinajstić information content (AvgIpc) is 2.47. The molecule has 0 aromatic heterocycles. The molecule has 0 amide bonds. The fourth-order valence-electron chi connectivity index (χ4n) is 2.14. The van der Waals surface area contributed by atoms with Crippen LogP contribution in [0.5, 0.6) is 23.0 Å². The molecule has 0 saturated heterocycles.